The Balaban J connectivity index is 2.42. The molecule has 2 aromatic carbocycles. The van der Waals surface area contributed by atoms with Crippen LogP contribution < -0.4 is 19.1 Å². The van der Waals surface area contributed by atoms with Crippen LogP contribution in [-0.2, 0) is 11.3 Å². The van der Waals surface area contributed by atoms with Gasteiger partial charge in [-0.1, -0.05) is 6.07 Å². The summed E-state index contributed by atoms with van der Waals surface area (Å²) in [5, 5.41) is 0. The molecule has 0 fully saturated rings. The second-order valence-corrected chi connectivity index (χ2v) is 5.42. The Bertz CT molecular complexity index is 732. The van der Waals surface area contributed by atoms with Gasteiger partial charge >= 0.3 is 0 Å². The molecule has 2 aromatic rings. The minimum Gasteiger partial charge on any atom is -0.497 e. The van der Waals surface area contributed by atoms with Gasteiger partial charge in [0, 0.05) is 18.2 Å². The Labute approximate surface area is 150 Å². The summed E-state index contributed by atoms with van der Waals surface area (Å²) in [4.78, 5) is 13.8. The first kappa shape index (κ1) is 18.9. The standard InChI is InChI=1S/C18H19ClFNO4/c1-23-14-7-13(8-15(9-14)24-2)21(18(22)10-19)11-12-4-5-16(20)17(6-12)25-3/h4-9H,10-11H2,1-3H3. The Hall–Kier alpha value is -2.47. The van der Waals surface area contributed by atoms with E-state index in [1.807, 2.05) is 0 Å². The predicted octanol–water partition coefficient (Wildman–Crippen LogP) is 3.62. The fourth-order valence-corrected chi connectivity index (χ4v) is 2.47. The Morgan fingerprint density at radius 2 is 1.68 bits per heavy atom. The number of alkyl halides is 1. The third-order valence-corrected chi connectivity index (χ3v) is 3.85. The molecule has 0 aromatic heterocycles. The van der Waals surface area contributed by atoms with Crippen molar-refractivity contribution in [3.05, 3.63) is 47.8 Å². The maximum absolute atomic E-state index is 13.6. The highest BCUT2D eigenvalue weighted by molar-refractivity contribution is 6.29. The van der Waals surface area contributed by atoms with Crippen LogP contribution in [-0.4, -0.2) is 33.1 Å². The SMILES string of the molecule is COc1cc(OC)cc(N(Cc2ccc(F)c(OC)c2)C(=O)CCl)c1. The number of anilines is 1. The third-order valence-electron chi connectivity index (χ3n) is 3.62. The summed E-state index contributed by atoms with van der Waals surface area (Å²) >= 11 is 5.76. The van der Waals surface area contributed by atoms with Crippen LogP contribution in [0.4, 0.5) is 10.1 Å². The van der Waals surface area contributed by atoms with E-state index in [0.29, 0.717) is 22.7 Å². The zero-order valence-corrected chi connectivity index (χ0v) is 15.0. The van der Waals surface area contributed by atoms with Gasteiger partial charge in [-0.05, 0) is 17.7 Å². The van der Waals surface area contributed by atoms with Gasteiger partial charge in [0.05, 0.1) is 33.6 Å². The summed E-state index contributed by atoms with van der Waals surface area (Å²) in [6.45, 7) is 0.193. The smallest absolute Gasteiger partial charge is 0.242 e. The van der Waals surface area contributed by atoms with Gasteiger partial charge in [-0.25, -0.2) is 4.39 Å². The lowest BCUT2D eigenvalue weighted by atomic mass is 10.1. The second kappa shape index (κ2) is 8.58. The van der Waals surface area contributed by atoms with Gasteiger partial charge in [-0.15, -0.1) is 11.6 Å². The van der Waals surface area contributed by atoms with E-state index in [-0.39, 0.29) is 24.1 Å². The molecule has 0 unspecified atom stereocenters. The van der Waals surface area contributed by atoms with Crippen molar-refractivity contribution in [2.24, 2.45) is 0 Å². The summed E-state index contributed by atoms with van der Waals surface area (Å²) in [5.74, 6) is 0.221. The minimum atomic E-state index is -0.468. The highest BCUT2D eigenvalue weighted by atomic mass is 35.5. The molecule has 5 nitrogen and oxygen atoms in total. The second-order valence-electron chi connectivity index (χ2n) is 5.15. The molecule has 0 spiro atoms. The molecule has 0 aliphatic heterocycles. The topological polar surface area (TPSA) is 48.0 Å². The lowest BCUT2D eigenvalue weighted by molar-refractivity contribution is -0.116. The lowest BCUT2D eigenvalue weighted by Crippen LogP contribution is -2.31. The normalized spacial score (nSPS) is 10.3. The molecule has 0 N–H and O–H groups in total. The molecule has 1 amide bonds. The van der Waals surface area contributed by atoms with Crippen LogP contribution in [0.2, 0.25) is 0 Å². The van der Waals surface area contributed by atoms with Crippen LogP contribution in [0, 0.1) is 5.82 Å². The Morgan fingerprint density at radius 3 is 2.20 bits per heavy atom. The molecular formula is C18H19ClFNO4. The zero-order valence-electron chi connectivity index (χ0n) is 14.2. The van der Waals surface area contributed by atoms with Crippen LogP contribution in [0.3, 0.4) is 0 Å². The molecule has 0 aliphatic rings. The van der Waals surface area contributed by atoms with E-state index < -0.39 is 5.82 Å². The largest absolute Gasteiger partial charge is 0.497 e. The molecule has 0 bridgehead atoms. The van der Waals surface area contributed by atoms with Crippen molar-refractivity contribution >= 4 is 23.2 Å². The van der Waals surface area contributed by atoms with Gasteiger partial charge in [-0.2, -0.15) is 0 Å². The van der Waals surface area contributed by atoms with Crippen LogP contribution in [0.1, 0.15) is 5.56 Å². The molecule has 0 heterocycles. The predicted molar refractivity (Wildman–Crippen MR) is 94.4 cm³/mol. The number of hydrogen-bond donors (Lipinski definition) is 0. The molecule has 25 heavy (non-hydrogen) atoms. The molecule has 0 radical (unpaired) electrons. The average Bonchev–Trinajstić information content (AvgIpc) is 2.66. The molecule has 134 valence electrons. The maximum Gasteiger partial charge on any atom is 0.242 e. The van der Waals surface area contributed by atoms with Gasteiger partial charge in [-0.3, -0.25) is 4.79 Å². The van der Waals surface area contributed by atoms with Crippen molar-refractivity contribution in [3.63, 3.8) is 0 Å². The highest BCUT2D eigenvalue weighted by Gasteiger charge is 2.18. The van der Waals surface area contributed by atoms with Gasteiger partial charge in [0.25, 0.3) is 0 Å². The van der Waals surface area contributed by atoms with Crippen molar-refractivity contribution in [3.8, 4) is 17.2 Å². The summed E-state index contributed by atoms with van der Waals surface area (Å²) in [6.07, 6.45) is 0. The summed E-state index contributed by atoms with van der Waals surface area (Å²) in [5.41, 5.74) is 1.25. The first-order chi connectivity index (χ1) is 12.0. The average molecular weight is 368 g/mol. The van der Waals surface area contributed by atoms with Crippen LogP contribution in [0.5, 0.6) is 17.2 Å². The number of methoxy groups -OCH3 is 3. The van der Waals surface area contributed by atoms with Gasteiger partial charge in [0.15, 0.2) is 11.6 Å². The number of amides is 1. The Morgan fingerprint density at radius 1 is 1.04 bits per heavy atom. The highest BCUT2D eigenvalue weighted by Crippen LogP contribution is 2.30. The van der Waals surface area contributed by atoms with Crippen LogP contribution in [0.15, 0.2) is 36.4 Å². The number of hydrogen-bond acceptors (Lipinski definition) is 4. The van der Waals surface area contributed by atoms with Gasteiger partial charge < -0.3 is 19.1 Å². The van der Waals surface area contributed by atoms with Crippen molar-refractivity contribution in [1.82, 2.24) is 0 Å². The molecule has 0 saturated heterocycles. The van der Waals surface area contributed by atoms with Crippen LogP contribution >= 0.6 is 11.6 Å². The molecule has 0 aliphatic carbocycles. The quantitative estimate of drug-likeness (QED) is 0.701. The molecule has 0 saturated carbocycles. The number of rotatable bonds is 7. The summed E-state index contributed by atoms with van der Waals surface area (Å²) in [6, 6.07) is 9.53. The van der Waals surface area contributed by atoms with E-state index in [1.165, 1.54) is 32.3 Å². The van der Waals surface area contributed by atoms with Gasteiger partial charge in [0.2, 0.25) is 5.91 Å². The molecule has 2 rings (SSSR count). The molecule has 7 heteroatoms. The third kappa shape index (κ3) is 4.54. The maximum atomic E-state index is 13.6. The zero-order chi connectivity index (χ0) is 18.4. The molecule has 0 atom stereocenters. The van der Waals surface area contributed by atoms with Crippen molar-refractivity contribution in [2.75, 3.05) is 32.1 Å². The van der Waals surface area contributed by atoms with E-state index in [0.717, 1.165) is 0 Å². The summed E-state index contributed by atoms with van der Waals surface area (Å²) < 4.78 is 29.1. The summed E-state index contributed by atoms with van der Waals surface area (Å²) in [7, 11) is 4.44. The first-order valence-electron chi connectivity index (χ1n) is 7.44. The number of halogens is 2. The minimum absolute atomic E-state index is 0.110. The van der Waals surface area contributed by atoms with Crippen molar-refractivity contribution < 1.29 is 23.4 Å². The van der Waals surface area contributed by atoms with E-state index in [2.05, 4.69) is 0 Å². The number of benzene rings is 2. The van der Waals surface area contributed by atoms with Crippen molar-refractivity contribution in [1.29, 1.82) is 0 Å². The fourth-order valence-electron chi connectivity index (χ4n) is 2.33. The Kier molecular flexibility index (Phi) is 6.47. The monoisotopic (exact) mass is 367 g/mol. The number of nitrogens with zero attached hydrogens (tertiary/aromatic N) is 1. The van der Waals surface area contributed by atoms with E-state index in [9.17, 15) is 9.18 Å². The lowest BCUT2D eigenvalue weighted by Gasteiger charge is -2.23. The molecular weight excluding hydrogens is 349 g/mol. The fraction of sp³-hybridized carbons (Fsp3) is 0.278. The first-order valence-corrected chi connectivity index (χ1v) is 7.97. The van der Waals surface area contributed by atoms with Crippen LogP contribution in [0.25, 0.3) is 0 Å². The van der Waals surface area contributed by atoms with E-state index in [1.54, 1.807) is 30.3 Å². The van der Waals surface area contributed by atoms with E-state index >= 15 is 0 Å². The number of ether oxygens (including phenoxy) is 3. The number of carbonyl (C=O) groups excluding carboxylic acids is 1. The van der Waals surface area contributed by atoms with Crippen molar-refractivity contribution in [2.45, 2.75) is 6.54 Å². The van der Waals surface area contributed by atoms with Gasteiger partial charge in [0.1, 0.15) is 17.4 Å². The number of carbonyl (C=O) groups is 1. The van der Waals surface area contributed by atoms with E-state index in [4.69, 9.17) is 25.8 Å².